The first-order valence-electron chi connectivity index (χ1n) is 9.46. The van der Waals surface area contributed by atoms with Crippen LogP contribution in [0.25, 0.3) is 11.0 Å². The summed E-state index contributed by atoms with van der Waals surface area (Å²) in [6.45, 7) is 3.69. The molecule has 0 amide bonds. The molecule has 7 nitrogen and oxygen atoms in total. The van der Waals surface area contributed by atoms with E-state index in [4.69, 9.17) is 16.0 Å². The van der Waals surface area contributed by atoms with Gasteiger partial charge >= 0.3 is 0 Å². The maximum Gasteiger partial charge on any atom is 0.295 e. The fourth-order valence-corrected chi connectivity index (χ4v) is 5.44. The molecule has 0 bridgehead atoms. The van der Waals surface area contributed by atoms with Crippen LogP contribution in [0.5, 0.6) is 0 Å². The molecule has 32 heavy (non-hydrogen) atoms. The lowest BCUT2D eigenvalue weighted by molar-refractivity contribution is 0.484. The molecule has 0 aliphatic rings. The predicted molar refractivity (Wildman–Crippen MR) is 125 cm³/mol. The molecule has 0 radical (unpaired) electrons. The van der Waals surface area contributed by atoms with E-state index in [2.05, 4.69) is 9.44 Å². The first-order valence-corrected chi connectivity index (χ1v) is 12.8. The van der Waals surface area contributed by atoms with Gasteiger partial charge in [-0.3, -0.25) is 9.44 Å². The lowest BCUT2D eigenvalue weighted by atomic mass is 10.1. The van der Waals surface area contributed by atoms with Crippen molar-refractivity contribution in [3.8, 4) is 0 Å². The Balaban J connectivity index is 1.69. The first kappa shape index (κ1) is 22.2. The first-order chi connectivity index (χ1) is 15.0. The third-order valence-electron chi connectivity index (χ3n) is 4.93. The highest BCUT2D eigenvalue weighted by molar-refractivity contribution is 7.93. The van der Waals surface area contributed by atoms with E-state index in [1.165, 1.54) is 30.3 Å². The van der Waals surface area contributed by atoms with E-state index in [-0.39, 0.29) is 26.4 Å². The molecular weight excluding hydrogens is 472 g/mol. The average Bonchev–Trinajstić information content (AvgIpc) is 3.17. The molecule has 4 rings (SSSR count). The van der Waals surface area contributed by atoms with Gasteiger partial charge in [0.15, 0.2) is 0 Å². The SMILES string of the molecule is Cc1ccc(S(=O)(=O)Nc2ccc(Cl)cc2NS(=O)(=O)c2cc3ccccc3o2)cc1C. The average molecular weight is 491 g/mol. The molecule has 1 aromatic heterocycles. The molecule has 2 N–H and O–H groups in total. The molecule has 0 fully saturated rings. The number of furan rings is 1. The molecule has 3 aromatic carbocycles. The van der Waals surface area contributed by atoms with Crippen molar-refractivity contribution in [2.24, 2.45) is 0 Å². The van der Waals surface area contributed by atoms with Crippen LogP contribution in [0, 0.1) is 13.8 Å². The molecule has 0 saturated carbocycles. The summed E-state index contributed by atoms with van der Waals surface area (Å²) in [5, 5.41) is 0.540. The van der Waals surface area contributed by atoms with Gasteiger partial charge in [-0.25, -0.2) is 8.42 Å². The van der Waals surface area contributed by atoms with E-state index in [1.54, 1.807) is 36.4 Å². The number of rotatable bonds is 6. The summed E-state index contributed by atoms with van der Waals surface area (Å²) in [5.74, 6) is 0. The van der Waals surface area contributed by atoms with Crippen molar-refractivity contribution < 1.29 is 21.3 Å². The van der Waals surface area contributed by atoms with Crippen molar-refractivity contribution in [1.29, 1.82) is 0 Å². The highest BCUT2D eigenvalue weighted by atomic mass is 35.5. The summed E-state index contributed by atoms with van der Waals surface area (Å²) in [7, 11) is -8.14. The molecule has 166 valence electrons. The Labute approximate surface area is 191 Å². The highest BCUT2D eigenvalue weighted by Gasteiger charge is 2.23. The zero-order chi connectivity index (χ0) is 23.1. The number of benzene rings is 3. The third-order valence-corrected chi connectivity index (χ3v) is 7.74. The van der Waals surface area contributed by atoms with Gasteiger partial charge < -0.3 is 4.42 Å². The molecule has 1 heterocycles. The summed E-state index contributed by atoms with van der Waals surface area (Å²) < 4.78 is 61.9. The molecule has 0 saturated heterocycles. The lowest BCUT2D eigenvalue weighted by Crippen LogP contribution is -2.17. The Morgan fingerprint density at radius 3 is 2.19 bits per heavy atom. The fraction of sp³-hybridized carbons (Fsp3) is 0.0909. The second-order valence-electron chi connectivity index (χ2n) is 7.25. The van der Waals surface area contributed by atoms with Gasteiger partial charge in [-0.05, 0) is 61.4 Å². The van der Waals surface area contributed by atoms with Crippen molar-refractivity contribution in [3.05, 3.63) is 82.9 Å². The van der Waals surface area contributed by atoms with Crippen LogP contribution in [0.3, 0.4) is 0 Å². The second-order valence-corrected chi connectivity index (χ2v) is 11.0. The number of nitrogens with one attached hydrogen (secondary N) is 2. The van der Waals surface area contributed by atoms with Gasteiger partial charge in [-0.15, -0.1) is 0 Å². The van der Waals surface area contributed by atoms with E-state index in [1.807, 2.05) is 13.8 Å². The Hall–Kier alpha value is -3.01. The number of hydrogen-bond donors (Lipinski definition) is 2. The van der Waals surface area contributed by atoms with Crippen LogP contribution in [-0.2, 0) is 20.0 Å². The van der Waals surface area contributed by atoms with E-state index in [0.29, 0.717) is 11.0 Å². The van der Waals surface area contributed by atoms with Crippen molar-refractivity contribution in [2.45, 2.75) is 23.8 Å². The summed E-state index contributed by atoms with van der Waals surface area (Å²) in [5.41, 5.74) is 2.16. The molecule has 0 unspecified atom stereocenters. The number of hydrogen-bond acceptors (Lipinski definition) is 5. The zero-order valence-electron chi connectivity index (χ0n) is 17.1. The van der Waals surface area contributed by atoms with Crippen LogP contribution in [0.4, 0.5) is 11.4 Å². The van der Waals surface area contributed by atoms with Gasteiger partial charge in [0.05, 0.1) is 16.3 Å². The number of para-hydroxylation sites is 1. The van der Waals surface area contributed by atoms with Crippen LogP contribution < -0.4 is 9.44 Å². The summed E-state index contributed by atoms with van der Waals surface area (Å²) >= 11 is 6.05. The number of halogens is 1. The van der Waals surface area contributed by atoms with Crippen LogP contribution in [0.15, 0.2) is 81.1 Å². The number of fused-ring (bicyclic) bond motifs is 1. The van der Waals surface area contributed by atoms with Gasteiger partial charge in [0.1, 0.15) is 5.58 Å². The topological polar surface area (TPSA) is 105 Å². The molecule has 10 heteroatoms. The van der Waals surface area contributed by atoms with Crippen LogP contribution in [0.2, 0.25) is 5.02 Å². The van der Waals surface area contributed by atoms with E-state index >= 15 is 0 Å². The monoisotopic (exact) mass is 490 g/mol. The molecule has 4 aromatic rings. The Bertz CT molecular complexity index is 1510. The van der Waals surface area contributed by atoms with E-state index < -0.39 is 20.0 Å². The Kier molecular flexibility index (Phi) is 5.66. The lowest BCUT2D eigenvalue weighted by Gasteiger charge is -2.15. The van der Waals surface area contributed by atoms with Crippen molar-refractivity contribution in [2.75, 3.05) is 9.44 Å². The van der Waals surface area contributed by atoms with Gasteiger partial charge in [-0.1, -0.05) is 35.9 Å². The quantitative estimate of drug-likeness (QED) is 0.381. The van der Waals surface area contributed by atoms with Crippen molar-refractivity contribution in [3.63, 3.8) is 0 Å². The molecule has 0 spiro atoms. The fourth-order valence-electron chi connectivity index (χ4n) is 3.06. The van der Waals surface area contributed by atoms with Crippen LogP contribution in [-0.4, -0.2) is 16.8 Å². The zero-order valence-corrected chi connectivity index (χ0v) is 19.5. The summed E-state index contributed by atoms with van der Waals surface area (Å²) in [4.78, 5) is 0.0571. The van der Waals surface area contributed by atoms with Gasteiger partial charge in [0.25, 0.3) is 20.0 Å². The molecule has 0 aliphatic heterocycles. The molecule has 0 atom stereocenters. The summed E-state index contributed by atoms with van der Waals surface area (Å²) in [6.07, 6.45) is 0. The maximum absolute atomic E-state index is 12.9. The summed E-state index contributed by atoms with van der Waals surface area (Å²) in [6, 6.07) is 17.2. The number of sulfonamides is 2. The van der Waals surface area contributed by atoms with Gasteiger partial charge in [-0.2, -0.15) is 8.42 Å². The van der Waals surface area contributed by atoms with Crippen molar-refractivity contribution in [1.82, 2.24) is 0 Å². The second kappa shape index (κ2) is 8.16. The van der Waals surface area contributed by atoms with Crippen LogP contribution >= 0.6 is 11.6 Å². The molecular formula is C22H19ClN2O5S2. The standard InChI is InChI=1S/C22H19ClN2O5S2/c1-14-7-9-18(11-15(14)2)31(26,27)24-19-10-8-17(23)13-20(19)25-32(28,29)22-12-16-5-3-4-6-21(16)30-22/h3-13,24-25H,1-2H3. The maximum atomic E-state index is 12.9. The number of anilines is 2. The Morgan fingerprint density at radius 2 is 1.47 bits per heavy atom. The highest BCUT2D eigenvalue weighted by Crippen LogP contribution is 2.31. The normalized spacial score (nSPS) is 12.1. The van der Waals surface area contributed by atoms with E-state index in [0.717, 1.165) is 11.1 Å². The van der Waals surface area contributed by atoms with Gasteiger partial charge in [0, 0.05) is 16.5 Å². The minimum atomic E-state index is -4.16. The minimum absolute atomic E-state index is 0.0207. The largest absolute Gasteiger partial charge is 0.443 e. The van der Waals surface area contributed by atoms with Gasteiger partial charge in [0.2, 0.25) is 5.09 Å². The third kappa shape index (κ3) is 4.45. The Morgan fingerprint density at radius 1 is 0.750 bits per heavy atom. The predicted octanol–water partition coefficient (Wildman–Crippen LogP) is 5.30. The van der Waals surface area contributed by atoms with E-state index in [9.17, 15) is 16.8 Å². The van der Waals surface area contributed by atoms with Crippen LogP contribution in [0.1, 0.15) is 11.1 Å². The molecule has 0 aliphatic carbocycles. The smallest absolute Gasteiger partial charge is 0.295 e. The minimum Gasteiger partial charge on any atom is -0.443 e. The van der Waals surface area contributed by atoms with Crippen molar-refractivity contribution >= 4 is 54.0 Å². The number of aryl methyl sites for hydroxylation is 2.